The highest BCUT2D eigenvalue weighted by Gasteiger charge is 2.27. The largest absolute Gasteiger partial charge is 0.352 e. The van der Waals surface area contributed by atoms with Crippen LogP contribution in [0.4, 0.5) is 16.4 Å². The van der Waals surface area contributed by atoms with Crippen molar-refractivity contribution in [2.24, 2.45) is 0 Å². The fourth-order valence-corrected chi connectivity index (χ4v) is 3.19. The van der Waals surface area contributed by atoms with E-state index in [1.165, 1.54) is 6.42 Å². The second-order valence-electron chi connectivity index (χ2n) is 6.72. The number of nitrogens with zero attached hydrogens (tertiary/aromatic N) is 3. The summed E-state index contributed by atoms with van der Waals surface area (Å²) in [4.78, 5) is 18.9. The summed E-state index contributed by atoms with van der Waals surface area (Å²) in [6.45, 7) is 5.15. The molecule has 1 aliphatic heterocycles. The average molecular weight is 350 g/mol. The molecule has 26 heavy (non-hydrogen) atoms. The number of urea groups is 1. The Morgan fingerprint density at radius 2 is 2.15 bits per heavy atom. The minimum absolute atomic E-state index is 0.0911. The van der Waals surface area contributed by atoms with Crippen LogP contribution in [0.5, 0.6) is 0 Å². The monoisotopic (exact) mass is 350 g/mol. The lowest BCUT2D eigenvalue weighted by Gasteiger charge is -2.39. The van der Waals surface area contributed by atoms with Crippen molar-refractivity contribution in [3.8, 4) is 0 Å². The normalized spacial score (nSPS) is 17.6. The predicted octanol–water partition coefficient (Wildman–Crippen LogP) is 3.44. The number of carbonyl (C=O) groups is 1. The van der Waals surface area contributed by atoms with Gasteiger partial charge in [-0.15, -0.1) is 0 Å². The highest BCUT2D eigenvalue weighted by molar-refractivity contribution is 5.94. The number of pyridine rings is 1. The van der Waals surface area contributed by atoms with Gasteiger partial charge in [0.15, 0.2) is 5.82 Å². The van der Waals surface area contributed by atoms with E-state index in [4.69, 9.17) is 0 Å². The van der Waals surface area contributed by atoms with Crippen molar-refractivity contribution in [1.29, 1.82) is 0 Å². The van der Waals surface area contributed by atoms with Crippen LogP contribution in [0.1, 0.15) is 31.9 Å². The smallest absolute Gasteiger partial charge is 0.320 e. The molecule has 7 heteroatoms. The van der Waals surface area contributed by atoms with Gasteiger partial charge in [-0.05, 0) is 25.8 Å². The summed E-state index contributed by atoms with van der Waals surface area (Å²) in [5, 5.41) is 14.1. The third-order valence-electron chi connectivity index (χ3n) is 4.91. The van der Waals surface area contributed by atoms with Gasteiger partial charge in [0.2, 0.25) is 0 Å². The van der Waals surface area contributed by atoms with E-state index in [1.807, 2.05) is 43.3 Å². The zero-order chi connectivity index (χ0) is 18.1. The number of nitrogens with one attached hydrogen (secondary N) is 3. The molecule has 2 aromatic heterocycles. The van der Waals surface area contributed by atoms with Crippen molar-refractivity contribution in [1.82, 2.24) is 20.5 Å². The number of benzene rings is 1. The number of carbonyl (C=O) groups excluding carboxylic acids is 1. The van der Waals surface area contributed by atoms with E-state index in [0.29, 0.717) is 11.9 Å². The molecule has 0 spiro atoms. The van der Waals surface area contributed by atoms with Crippen LogP contribution in [0.15, 0.2) is 42.6 Å². The van der Waals surface area contributed by atoms with Gasteiger partial charge in [-0.3, -0.25) is 10.4 Å². The summed E-state index contributed by atoms with van der Waals surface area (Å²) >= 11 is 0. The first kappa shape index (κ1) is 16.4. The van der Waals surface area contributed by atoms with Gasteiger partial charge in [0.05, 0.1) is 16.9 Å². The number of hydrogen-bond donors (Lipinski definition) is 3. The Balaban J connectivity index is 1.45. The molecule has 1 aliphatic rings. The molecular formula is C19H22N6O. The highest BCUT2D eigenvalue weighted by atomic mass is 16.2. The fraction of sp³-hybridized carbons (Fsp3) is 0.316. The molecule has 0 radical (unpaired) electrons. The van der Waals surface area contributed by atoms with Crippen LogP contribution in [0.25, 0.3) is 10.9 Å². The molecule has 0 saturated carbocycles. The minimum Gasteiger partial charge on any atom is -0.352 e. The maximum absolute atomic E-state index is 12.2. The van der Waals surface area contributed by atoms with Crippen LogP contribution in [0, 0.1) is 0 Å². The number of amides is 2. The number of aromatic amines is 1. The van der Waals surface area contributed by atoms with Crippen LogP contribution in [-0.4, -0.2) is 33.8 Å². The van der Waals surface area contributed by atoms with Crippen molar-refractivity contribution < 1.29 is 4.79 Å². The van der Waals surface area contributed by atoms with Crippen LogP contribution in [0.2, 0.25) is 0 Å². The van der Waals surface area contributed by atoms with E-state index in [1.54, 1.807) is 6.20 Å². The standard InChI is InChI=1S/C19H22N6O/c1-12-8-9-25(12)18-15-11-20-17(10-16(15)23-24-18)22-19(26)21-13(2)14-6-4-3-5-7-14/h3-7,10-13H,8-9H2,1-2H3,(H,23,24)(H2,20,21,22,26)/t12-,13+/m0/s1. The van der Waals surface area contributed by atoms with Gasteiger partial charge >= 0.3 is 6.03 Å². The summed E-state index contributed by atoms with van der Waals surface area (Å²) in [7, 11) is 0. The van der Waals surface area contributed by atoms with Gasteiger partial charge in [-0.25, -0.2) is 9.78 Å². The van der Waals surface area contributed by atoms with Crippen molar-refractivity contribution >= 4 is 28.6 Å². The second-order valence-corrected chi connectivity index (χ2v) is 6.72. The average Bonchev–Trinajstić information content (AvgIpc) is 3.03. The Hall–Kier alpha value is -3.09. The van der Waals surface area contributed by atoms with Gasteiger partial charge < -0.3 is 10.2 Å². The molecule has 2 amide bonds. The Morgan fingerprint density at radius 1 is 1.35 bits per heavy atom. The zero-order valence-corrected chi connectivity index (χ0v) is 14.9. The lowest BCUT2D eigenvalue weighted by atomic mass is 10.1. The van der Waals surface area contributed by atoms with E-state index in [-0.39, 0.29) is 12.1 Å². The Kier molecular flexibility index (Phi) is 4.20. The van der Waals surface area contributed by atoms with Crippen LogP contribution < -0.4 is 15.5 Å². The molecule has 2 atom stereocenters. The fourth-order valence-electron chi connectivity index (χ4n) is 3.19. The van der Waals surface area contributed by atoms with Crippen LogP contribution in [-0.2, 0) is 0 Å². The molecule has 3 aromatic rings. The Morgan fingerprint density at radius 3 is 2.85 bits per heavy atom. The molecule has 4 rings (SSSR count). The number of hydrogen-bond acceptors (Lipinski definition) is 4. The molecule has 134 valence electrons. The Bertz CT molecular complexity index is 922. The molecule has 3 N–H and O–H groups in total. The van der Waals surface area contributed by atoms with E-state index in [9.17, 15) is 4.79 Å². The van der Waals surface area contributed by atoms with Gasteiger partial charge in [0.1, 0.15) is 5.82 Å². The Labute approximate surface area is 151 Å². The van der Waals surface area contributed by atoms with E-state index >= 15 is 0 Å². The molecule has 0 aliphatic carbocycles. The quantitative estimate of drug-likeness (QED) is 0.673. The van der Waals surface area contributed by atoms with Crippen LogP contribution in [0.3, 0.4) is 0 Å². The first-order valence-corrected chi connectivity index (χ1v) is 8.85. The number of anilines is 2. The molecule has 7 nitrogen and oxygen atoms in total. The maximum atomic E-state index is 12.2. The summed E-state index contributed by atoms with van der Waals surface area (Å²) in [5.74, 6) is 1.42. The zero-order valence-electron chi connectivity index (χ0n) is 14.9. The number of fused-ring (bicyclic) bond motifs is 1. The summed E-state index contributed by atoms with van der Waals surface area (Å²) in [6, 6.07) is 11.8. The number of rotatable bonds is 4. The van der Waals surface area contributed by atoms with Gasteiger partial charge in [-0.1, -0.05) is 30.3 Å². The minimum atomic E-state index is -0.288. The molecule has 1 saturated heterocycles. The van der Waals surface area contributed by atoms with Gasteiger partial charge in [-0.2, -0.15) is 5.10 Å². The van der Waals surface area contributed by atoms with Crippen molar-refractivity contribution in [2.75, 3.05) is 16.8 Å². The van der Waals surface area contributed by atoms with Crippen molar-refractivity contribution in [3.63, 3.8) is 0 Å². The second kappa shape index (κ2) is 6.67. The predicted molar refractivity (Wildman–Crippen MR) is 102 cm³/mol. The lowest BCUT2D eigenvalue weighted by molar-refractivity contribution is 0.249. The van der Waals surface area contributed by atoms with Gasteiger partial charge in [0.25, 0.3) is 0 Å². The van der Waals surface area contributed by atoms with Crippen molar-refractivity contribution in [3.05, 3.63) is 48.2 Å². The van der Waals surface area contributed by atoms with Crippen LogP contribution >= 0.6 is 0 Å². The first-order chi connectivity index (χ1) is 12.6. The summed E-state index contributed by atoms with van der Waals surface area (Å²) in [6.07, 6.45) is 2.94. The third-order valence-corrected chi connectivity index (χ3v) is 4.91. The van der Waals surface area contributed by atoms with Gasteiger partial charge in [0, 0.05) is 24.8 Å². The van der Waals surface area contributed by atoms with E-state index < -0.39 is 0 Å². The lowest BCUT2D eigenvalue weighted by Crippen LogP contribution is -2.46. The molecule has 0 unspecified atom stereocenters. The van der Waals surface area contributed by atoms with E-state index in [0.717, 1.165) is 28.8 Å². The third kappa shape index (κ3) is 3.08. The summed E-state index contributed by atoms with van der Waals surface area (Å²) in [5.41, 5.74) is 1.91. The number of H-pyrrole nitrogens is 1. The highest BCUT2D eigenvalue weighted by Crippen LogP contribution is 2.31. The molecule has 0 bridgehead atoms. The summed E-state index contributed by atoms with van der Waals surface area (Å²) < 4.78 is 0. The molecule has 3 heterocycles. The molecule has 1 fully saturated rings. The van der Waals surface area contributed by atoms with Crippen molar-refractivity contribution in [2.45, 2.75) is 32.4 Å². The molecule has 1 aromatic carbocycles. The van der Waals surface area contributed by atoms with E-state index in [2.05, 4.69) is 37.6 Å². The number of aromatic nitrogens is 3. The maximum Gasteiger partial charge on any atom is 0.320 e. The molecular weight excluding hydrogens is 328 g/mol. The first-order valence-electron chi connectivity index (χ1n) is 8.85. The topological polar surface area (TPSA) is 85.9 Å². The SMILES string of the molecule is C[C@@H](NC(=O)Nc1cc2[nH]nc(N3CC[C@@H]3C)c2cn1)c1ccccc1.